The molecule has 0 spiro atoms. The van der Waals surface area contributed by atoms with Crippen LogP contribution >= 0.6 is 0 Å². The van der Waals surface area contributed by atoms with Gasteiger partial charge in [-0.2, -0.15) is 0 Å². The molecule has 1 N–H and O–H groups in total. The molecule has 0 atom stereocenters. The van der Waals surface area contributed by atoms with Crippen molar-refractivity contribution in [2.24, 2.45) is 7.05 Å². The summed E-state index contributed by atoms with van der Waals surface area (Å²) in [5, 5.41) is 2.76. The number of likely N-dealkylation sites (tertiary alicyclic amines) is 1. The maximum absolute atomic E-state index is 14.9. The summed E-state index contributed by atoms with van der Waals surface area (Å²) in [6.45, 7) is 0.997. The SMILES string of the molecule is Cn1cccc(C(=O)Nc2ccc(C3CCN(C(=O)c4ccc(-c5ccc(F)cc5)cc4F)CC3)cc2)c1=O. The van der Waals surface area contributed by atoms with Crippen molar-refractivity contribution in [3.05, 3.63) is 124 Å². The summed E-state index contributed by atoms with van der Waals surface area (Å²) in [5.74, 6) is -1.55. The van der Waals surface area contributed by atoms with Crippen molar-refractivity contribution in [1.29, 1.82) is 0 Å². The minimum absolute atomic E-state index is 0.0210. The molecule has 1 aliphatic heterocycles. The minimum Gasteiger partial charge on any atom is -0.339 e. The Balaban J connectivity index is 1.19. The molecule has 0 saturated carbocycles. The van der Waals surface area contributed by atoms with E-state index in [1.165, 1.54) is 34.9 Å². The van der Waals surface area contributed by atoms with E-state index < -0.39 is 11.7 Å². The van der Waals surface area contributed by atoms with Gasteiger partial charge in [0, 0.05) is 32.0 Å². The van der Waals surface area contributed by atoms with Gasteiger partial charge in [-0.15, -0.1) is 0 Å². The Morgan fingerprint density at radius 1 is 0.846 bits per heavy atom. The lowest BCUT2D eigenvalue weighted by molar-refractivity contribution is 0.0708. The van der Waals surface area contributed by atoms with E-state index in [1.807, 2.05) is 12.1 Å². The normalized spacial score (nSPS) is 13.8. The molecule has 0 unspecified atom stereocenters. The Labute approximate surface area is 224 Å². The Kier molecular flexibility index (Phi) is 7.36. The smallest absolute Gasteiger partial charge is 0.263 e. The highest BCUT2D eigenvalue weighted by Gasteiger charge is 2.26. The molecular formula is C31H27F2N3O3. The van der Waals surface area contributed by atoms with E-state index in [4.69, 9.17) is 0 Å². The molecule has 1 aliphatic rings. The lowest BCUT2D eigenvalue weighted by Crippen LogP contribution is -2.38. The zero-order valence-electron chi connectivity index (χ0n) is 21.4. The number of carbonyl (C=O) groups is 2. The molecule has 39 heavy (non-hydrogen) atoms. The second-order valence-electron chi connectivity index (χ2n) is 9.68. The fourth-order valence-electron chi connectivity index (χ4n) is 4.90. The molecule has 1 fully saturated rings. The number of benzene rings is 3. The molecule has 1 saturated heterocycles. The number of piperidine rings is 1. The highest BCUT2D eigenvalue weighted by Crippen LogP contribution is 2.30. The molecule has 3 aromatic carbocycles. The number of anilines is 1. The van der Waals surface area contributed by atoms with Gasteiger partial charge in [0.15, 0.2) is 0 Å². The van der Waals surface area contributed by atoms with Crippen LogP contribution in [0.4, 0.5) is 14.5 Å². The predicted octanol–water partition coefficient (Wildman–Crippen LogP) is 5.60. The fraction of sp³-hybridized carbons (Fsp3) is 0.194. The topological polar surface area (TPSA) is 71.4 Å². The van der Waals surface area contributed by atoms with Gasteiger partial charge in [0.05, 0.1) is 5.56 Å². The number of nitrogens with zero attached hydrogens (tertiary/aromatic N) is 2. The van der Waals surface area contributed by atoms with Crippen molar-refractivity contribution in [2.45, 2.75) is 18.8 Å². The number of halogens is 2. The third-order valence-electron chi connectivity index (χ3n) is 7.17. The van der Waals surface area contributed by atoms with Crippen LogP contribution in [0.3, 0.4) is 0 Å². The van der Waals surface area contributed by atoms with Crippen LogP contribution in [0.1, 0.15) is 45.0 Å². The van der Waals surface area contributed by atoms with Gasteiger partial charge < -0.3 is 14.8 Å². The average Bonchev–Trinajstić information content (AvgIpc) is 2.95. The van der Waals surface area contributed by atoms with Crippen LogP contribution in [0, 0.1) is 11.6 Å². The Morgan fingerprint density at radius 2 is 1.51 bits per heavy atom. The van der Waals surface area contributed by atoms with Gasteiger partial charge in [0.2, 0.25) is 0 Å². The summed E-state index contributed by atoms with van der Waals surface area (Å²) < 4.78 is 29.4. The molecule has 0 radical (unpaired) electrons. The van der Waals surface area contributed by atoms with Crippen LogP contribution in [-0.4, -0.2) is 34.4 Å². The zero-order chi connectivity index (χ0) is 27.5. The van der Waals surface area contributed by atoms with Gasteiger partial charge >= 0.3 is 0 Å². The van der Waals surface area contributed by atoms with Crippen LogP contribution < -0.4 is 10.9 Å². The number of nitrogens with one attached hydrogen (secondary N) is 1. The number of aromatic nitrogens is 1. The Bertz CT molecular complexity index is 1570. The third kappa shape index (κ3) is 5.65. The largest absolute Gasteiger partial charge is 0.339 e. The van der Waals surface area contributed by atoms with Gasteiger partial charge in [-0.25, -0.2) is 8.78 Å². The van der Waals surface area contributed by atoms with E-state index in [-0.39, 0.29) is 34.3 Å². The number of hydrogen-bond acceptors (Lipinski definition) is 3. The molecule has 0 bridgehead atoms. The Morgan fingerprint density at radius 3 is 2.18 bits per heavy atom. The van der Waals surface area contributed by atoms with Crippen molar-refractivity contribution in [3.8, 4) is 11.1 Å². The number of carbonyl (C=O) groups excluding carboxylic acids is 2. The first kappa shape index (κ1) is 26.0. The molecule has 0 aliphatic carbocycles. The van der Waals surface area contributed by atoms with E-state index in [0.717, 1.165) is 18.4 Å². The van der Waals surface area contributed by atoms with E-state index in [9.17, 15) is 23.2 Å². The second kappa shape index (κ2) is 11.0. The second-order valence-corrected chi connectivity index (χ2v) is 9.68. The molecule has 4 aromatic rings. The van der Waals surface area contributed by atoms with Crippen molar-refractivity contribution in [2.75, 3.05) is 18.4 Å². The van der Waals surface area contributed by atoms with Crippen LogP contribution in [0.15, 0.2) is 89.9 Å². The molecule has 5 rings (SSSR count). The van der Waals surface area contributed by atoms with Crippen molar-refractivity contribution < 1.29 is 18.4 Å². The first-order chi connectivity index (χ1) is 18.8. The highest BCUT2D eigenvalue weighted by atomic mass is 19.1. The lowest BCUT2D eigenvalue weighted by Gasteiger charge is -2.32. The van der Waals surface area contributed by atoms with Crippen LogP contribution in [-0.2, 0) is 7.05 Å². The number of rotatable bonds is 5. The summed E-state index contributed by atoms with van der Waals surface area (Å²) >= 11 is 0. The molecular weight excluding hydrogens is 500 g/mol. The number of hydrogen-bond donors (Lipinski definition) is 1. The van der Waals surface area contributed by atoms with Gasteiger partial charge in [-0.1, -0.05) is 30.3 Å². The summed E-state index contributed by atoms with van der Waals surface area (Å²) in [4.78, 5) is 39.4. The number of amides is 2. The molecule has 6 nitrogen and oxygen atoms in total. The highest BCUT2D eigenvalue weighted by molar-refractivity contribution is 6.04. The van der Waals surface area contributed by atoms with E-state index in [0.29, 0.717) is 29.9 Å². The fourth-order valence-corrected chi connectivity index (χ4v) is 4.90. The first-order valence-corrected chi connectivity index (χ1v) is 12.7. The zero-order valence-corrected chi connectivity index (χ0v) is 21.4. The number of pyridine rings is 1. The summed E-state index contributed by atoms with van der Waals surface area (Å²) in [5.41, 5.74) is 2.65. The monoisotopic (exact) mass is 527 g/mol. The van der Waals surface area contributed by atoms with Gasteiger partial charge in [-0.3, -0.25) is 14.4 Å². The van der Waals surface area contributed by atoms with Crippen LogP contribution in [0.25, 0.3) is 11.1 Å². The van der Waals surface area contributed by atoms with E-state index in [1.54, 1.807) is 54.5 Å². The molecule has 198 valence electrons. The first-order valence-electron chi connectivity index (χ1n) is 12.7. The minimum atomic E-state index is -0.602. The number of aryl methyl sites for hydroxylation is 1. The summed E-state index contributed by atoms with van der Waals surface area (Å²) in [6.07, 6.45) is 3.05. The van der Waals surface area contributed by atoms with E-state index in [2.05, 4.69) is 5.32 Å². The van der Waals surface area contributed by atoms with Crippen molar-refractivity contribution in [3.63, 3.8) is 0 Å². The average molecular weight is 528 g/mol. The molecule has 2 heterocycles. The molecule has 8 heteroatoms. The van der Waals surface area contributed by atoms with Crippen LogP contribution in [0.2, 0.25) is 0 Å². The lowest BCUT2D eigenvalue weighted by atomic mass is 9.89. The quantitative estimate of drug-likeness (QED) is 0.367. The maximum atomic E-state index is 14.9. The standard InChI is InChI=1S/C31H27F2N3O3/c1-35-16-2-3-27(30(35)38)29(37)34-25-11-6-20(7-12-25)22-14-17-36(18-15-22)31(39)26-13-8-23(19-28(26)33)21-4-9-24(32)10-5-21/h2-13,16,19,22H,14-15,17-18H2,1H3,(H,34,37). The molecule has 1 aromatic heterocycles. The van der Waals surface area contributed by atoms with Gasteiger partial charge in [0.1, 0.15) is 17.2 Å². The van der Waals surface area contributed by atoms with Crippen molar-refractivity contribution in [1.82, 2.24) is 9.47 Å². The van der Waals surface area contributed by atoms with Gasteiger partial charge in [0.25, 0.3) is 17.4 Å². The third-order valence-corrected chi connectivity index (χ3v) is 7.17. The van der Waals surface area contributed by atoms with E-state index >= 15 is 0 Å². The Hall–Kier alpha value is -4.59. The van der Waals surface area contributed by atoms with Crippen LogP contribution in [0.5, 0.6) is 0 Å². The summed E-state index contributed by atoms with van der Waals surface area (Å²) in [7, 11) is 1.59. The molecule has 2 amide bonds. The van der Waals surface area contributed by atoms with Crippen molar-refractivity contribution >= 4 is 17.5 Å². The predicted molar refractivity (Wildman–Crippen MR) is 146 cm³/mol. The summed E-state index contributed by atoms with van der Waals surface area (Å²) in [6, 6.07) is 20.9. The van der Waals surface area contributed by atoms with Gasteiger partial charge in [-0.05, 0) is 84.0 Å². The maximum Gasteiger partial charge on any atom is 0.263 e.